The fraction of sp³-hybridized carbons (Fsp3) is 0.172. The van der Waals surface area contributed by atoms with Crippen molar-refractivity contribution in [2.24, 2.45) is 5.92 Å². The zero-order valence-corrected chi connectivity index (χ0v) is 21.6. The van der Waals surface area contributed by atoms with Crippen molar-refractivity contribution in [3.8, 4) is 11.5 Å². The number of amides is 3. The lowest BCUT2D eigenvalue weighted by molar-refractivity contribution is -0.119. The highest BCUT2D eigenvalue weighted by atomic mass is 19.1. The lowest BCUT2D eigenvalue weighted by atomic mass is 10.2. The van der Waals surface area contributed by atoms with E-state index in [2.05, 4.69) is 26.3 Å². The zero-order chi connectivity index (χ0) is 28.1. The van der Waals surface area contributed by atoms with Crippen LogP contribution in [0.2, 0.25) is 0 Å². The molecule has 40 heavy (non-hydrogen) atoms. The van der Waals surface area contributed by atoms with Crippen molar-refractivity contribution in [3.05, 3.63) is 90.6 Å². The second kappa shape index (κ2) is 11.7. The maximum atomic E-state index is 14.9. The van der Waals surface area contributed by atoms with Crippen molar-refractivity contribution >= 4 is 40.6 Å². The maximum Gasteiger partial charge on any atom is 0.262 e. The number of rotatable bonds is 10. The quantitative estimate of drug-likeness (QED) is 0.131. The van der Waals surface area contributed by atoms with Crippen molar-refractivity contribution in [3.63, 3.8) is 0 Å². The summed E-state index contributed by atoms with van der Waals surface area (Å²) in [5.74, 6) is -1.32. The average Bonchev–Trinajstić information content (AvgIpc) is 3.71. The van der Waals surface area contributed by atoms with E-state index in [1.165, 1.54) is 18.3 Å². The SMILES string of the molecule is CCN/C=C(\C(=O)Nc1ccccc1)C(=O)Nc1ccc(Oc2ccc3nc(NC(=O)C4CC4)cn3c2)c(F)c1. The number of halogens is 1. The van der Waals surface area contributed by atoms with Gasteiger partial charge in [0.2, 0.25) is 5.91 Å². The summed E-state index contributed by atoms with van der Waals surface area (Å²) in [5, 5.41) is 10.9. The van der Waals surface area contributed by atoms with Gasteiger partial charge in [-0.25, -0.2) is 9.37 Å². The Morgan fingerprint density at radius 2 is 1.73 bits per heavy atom. The maximum absolute atomic E-state index is 14.9. The third-order valence-corrected chi connectivity index (χ3v) is 6.01. The largest absolute Gasteiger partial charge is 0.453 e. The number of ether oxygens (including phenoxy) is 1. The van der Waals surface area contributed by atoms with Gasteiger partial charge in [-0.3, -0.25) is 14.4 Å². The Morgan fingerprint density at radius 1 is 0.975 bits per heavy atom. The number of para-hydroxylation sites is 1. The van der Waals surface area contributed by atoms with Crippen LogP contribution < -0.4 is 26.0 Å². The third kappa shape index (κ3) is 6.44. The molecule has 10 nitrogen and oxygen atoms in total. The third-order valence-electron chi connectivity index (χ3n) is 6.01. The number of imidazole rings is 1. The van der Waals surface area contributed by atoms with Gasteiger partial charge in [-0.2, -0.15) is 0 Å². The summed E-state index contributed by atoms with van der Waals surface area (Å²) < 4.78 is 22.3. The second-order valence-electron chi connectivity index (χ2n) is 9.16. The highest BCUT2D eigenvalue weighted by Crippen LogP contribution is 2.31. The van der Waals surface area contributed by atoms with Gasteiger partial charge in [0.15, 0.2) is 17.4 Å². The van der Waals surface area contributed by atoms with E-state index in [0.717, 1.165) is 18.9 Å². The van der Waals surface area contributed by atoms with Gasteiger partial charge in [0.05, 0.1) is 12.4 Å². The van der Waals surface area contributed by atoms with Crippen molar-refractivity contribution in [1.82, 2.24) is 14.7 Å². The summed E-state index contributed by atoms with van der Waals surface area (Å²) in [6.07, 6.45) is 6.37. The molecule has 0 unspecified atom stereocenters. The highest BCUT2D eigenvalue weighted by molar-refractivity contribution is 6.26. The van der Waals surface area contributed by atoms with Gasteiger partial charge >= 0.3 is 0 Å². The standard InChI is InChI=1S/C29H27FN6O4/c1-2-31-15-22(28(38)32-19-6-4-3-5-7-19)29(39)33-20-10-12-24(23(30)14-20)40-21-11-13-26-34-25(17-36(26)16-21)35-27(37)18-8-9-18/h3-7,10-18,31H,2,8-9H2,1H3,(H,32,38)(H,33,39)(H,35,37)/b22-15+. The summed E-state index contributed by atoms with van der Waals surface area (Å²) >= 11 is 0. The van der Waals surface area contributed by atoms with Crippen LogP contribution in [0.4, 0.5) is 21.6 Å². The molecule has 0 spiro atoms. The molecule has 1 saturated carbocycles. The van der Waals surface area contributed by atoms with Gasteiger partial charge in [0.1, 0.15) is 17.0 Å². The van der Waals surface area contributed by atoms with E-state index in [4.69, 9.17) is 4.74 Å². The van der Waals surface area contributed by atoms with Gasteiger partial charge in [-0.15, -0.1) is 0 Å². The molecule has 11 heteroatoms. The summed E-state index contributed by atoms with van der Waals surface area (Å²) in [5.41, 5.74) is 1.09. The first-order valence-electron chi connectivity index (χ1n) is 12.8. The molecule has 0 bridgehead atoms. The van der Waals surface area contributed by atoms with Crippen molar-refractivity contribution < 1.29 is 23.5 Å². The molecule has 204 valence electrons. The van der Waals surface area contributed by atoms with Crippen molar-refractivity contribution in [2.45, 2.75) is 19.8 Å². The normalized spacial score (nSPS) is 13.0. The van der Waals surface area contributed by atoms with Crippen molar-refractivity contribution in [2.75, 3.05) is 22.5 Å². The Balaban J connectivity index is 1.25. The molecular formula is C29H27FN6O4. The topological polar surface area (TPSA) is 126 Å². The van der Waals surface area contributed by atoms with Crippen LogP contribution in [0.1, 0.15) is 19.8 Å². The molecule has 0 aliphatic heterocycles. The first kappa shape index (κ1) is 26.4. The molecular weight excluding hydrogens is 515 g/mol. The predicted octanol–water partition coefficient (Wildman–Crippen LogP) is 4.68. The summed E-state index contributed by atoms with van der Waals surface area (Å²) in [6, 6.07) is 16.0. The van der Waals surface area contributed by atoms with E-state index in [-0.39, 0.29) is 28.8 Å². The first-order valence-corrected chi connectivity index (χ1v) is 12.8. The molecule has 0 saturated heterocycles. The minimum atomic E-state index is -0.716. The lowest BCUT2D eigenvalue weighted by Gasteiger charge is -2.12. The van der Waals surface area contributed by atoms with Crippen molar-refractivity contribution in [1.29, 1.82) is 0 Å². The number of hydrogen-bond donors (Lipinski definition) is 4. The number of aromatic nitrogens is 2. The van der Waals surface area contributed by atoms with E-state index in [9.17, 15) is 18.8 Å². The Labute approximate surface area is 229 Å². The molecule has 2 aromatic heterocycles. The number of carbonyl (C=O) groups is 3. The van der Waals surface area contributed by atoms with E-state index in [1.54, 1.807) is 53.2 Å². The van der Waals surface area contributed by atoms with Crippen LogP contribution in [0.3, 0.4) is 0 Å². The number of benzene rings is 2. The van der Waals surface area contributed by atoms with Crippen LogP contribution in [0.15, 0.2) is 84.8 Å². The summed E-state index contributed by atoms with van der Waals surface area (Å²) in [7, 11) is 0. The number of nitrogens with one attached hydrogen (secondary N) is 4. The molecule has 2 heterocycles. The van der Waals surface area contributed by atoms with E-state index >= 15 is 0 Å². The number of nitrogens with zero attached hydrogens (tertiary/aromatic N) is 2. The fourth-order valence-electron chi connectivity index (χ4n) is 3.81. The number of fused-ring (bicyclic) bond motifs is 1. The molecule has 0 radical (unpaired) electrons. The monoisotopic (exact) mass is 542 g/mol. The van der Waals surface area contributed by atoms with Gasteiger partial charge in [-0.05, 0) is 56.2 Å². The van der Waals surface area contributed by atoms with Crippen LogP contribution in [-0.2, 0) is 14.4 Å². The molecule has 0 atom stereocenters. The highest BCUT2D eigenvalue weighted by Gasteiger charge is 2.30. The predicted molar refractivity (Wildman–Crippen MR) is 148 cm³/mol. The van der Waals surface area contributed by atoms with Gasteiger partial charge in [0.25, 0.3) is 11.8 Å². The van der Waals surface area contributed by atoms with Crippen LogP contribution in [0, 0.1) is 11.7 Å². The van der Waals surface area contributed by atoms with Gasteiger partial charge in [-0.1, -0.05) is 18.2 Å². The van der Waals surface area contributed by atoms with Gasteiger partial charge < -0.3 is 30.4 Å². The van der Waals surface area contributed by atoms with E-state index in [1.807, 2.05) is 13.0 Å². The number of pyridine rings is 1. The first-order chi connectivity index (χ1) is 19.4. The molecule has 1 aliphatic carbocycles. The molecule has 4 N–H and O–H groups in total. The molecule has 3 amide bonds. The Hall–Kier alpha value is -5.19. The summed E-state index contributed by atoms with van der Waals surface area (Å²) in [4.78, 5) is 42.0. The smallest absolute Gasteiger partial charge is 0.262 e. The van der Waals surface area contributed by atoms with E-state index in [0.29, 0.717) is 29.4 Å². The van der Waals surface area contributed by atoms with Crippen LogP contribution in [0.5, 0.6) is 11.5 Å². The Kier molecular flexibility index (Phi) is 7.72. The van der Waals surface area contributed by atoms with E-state index < -0.39 is 17.6 Å². The average molecular weight is 543 g/mol. The minimum Gasteiger partial charge on any atom is -0.453 e. The molecule has 4 aromatic rings. The zero-order valence-electron chi connectivity index (χ0n) is 21.6. The molecule has 5 rings (SSSR count). The Morgan fingerprint density at radius 3 is 2.42 bits per heavy atom. The van der Waals surface area contributed by atoms with Gasteiger partial charge in [0, 0.05) is 36.1 Å². The number of anilines is 3. The Bertz CT molecular complexity index is 1600. The number of carbonyl (C=O) groups excluding carboxylic acids is 3. The number of hydrogen-bond acceptors (Lipinski definition) is 6. The van der Waals surface area contributed by atoms with Crippen LogP contribution in [-0.4, -0.2) is 33.7 Å². The minimum absolute atomic E-state index is 0.0461. The fourth-order valence-corrected chi connectivity index (χ4v) is 3.81. The van der Waals surface area contributed by atoms with Crippen LogP contribution >= 0.6 is 0 Å². The molecule has 2 aromatic carbocycles. The summed E-state index contributed by atoms with van der Waals surface area (Å²) in [6.45, 7) is 2.32. The van der Waals surface area contributed by atoms with Crippen LogP contribution in [0.25, 0.3) is 5.65 Å². The lowest BCUT2D eigenvalue weighted by Crippen LogP contribution is -2.27. The molecule has 1 fully saturated rings. The molecule has 1 aliphatic rings. The second-order valence-corrected chi connectivity index (χ2v) is 9.16.